The number of hydrazone groups is 1. The van der Waals surface area contributed by atoms with Crippen LogP contribution in [-0.4, -0.2) is 53.7 Å². The average Bonchev–Trinajstić information content (AvgIpc) is 3.37. The smallest absolute Gasteiger partial charge is 0.271 e. The lowest BCUT2D eigenvalue weighted by Crippen LogP contribution is -2.17. The molecule has 0 aliphatic carbocycles. The number of hydrogen-bond donors (Lipinski definition) is 1. The molecule has 0 radical (unpaired) electrons. The third-order valence-electron chi connectivity index (χ3n) is 5.13. The first-order valence-electron chi connectivity index (χ1n) is 10.7. The molecule has 1 heterocycles. The molecule has 0 saturated heterocycles. The first kappa shape index (κ1) is 23.4. The Morgan fingerprint density at radius 3 is 2.37 bits per heavy atom. The van der Waals surface area contributed by atoms with Gasteiger partial charge in [0.15, 0.2) is 11.5 Å². The molecular formula is C25H24N6O4. The highest BCUT2D eigenvalue weighted by Crippen LogP contribution is 2.38. The van der Waals surface area contributed by atoms with E-state index in [0.29, 0.717) is 40.7 Å². The fourth-order valence-corrected chi connectivity index (χ4v) is 3.39. The molecule has 0 aliphatic heterocycles. The molecule has 35 heavy (non-hydrogen) atoms. The monoisotopic (exact) mass is 472 g/mol. The van der Waals surface area contributed by atoms with Crippen molar-refractivity contribution >= 4 is 12.1 Å². The van der Waals surface area contributed by atoms with E-state index in [1.807, 2.05) is 42.5 Å². The largest absolute Gasteiger partial charge is 0.493 e. The normalized spacial score (nSPS) is 10.8. The van der Waals surface area contributed by atoms with E-state index in [1.54, 1.807) is 31.4 Å². The minimum atomic E-state index is -0.350. The predicted molar refractivity (Wildman–Crippen MR) is 130 cm³/mol. The van der Waals surface area contributed by atoms with Gasteiger partial charge in [-0.3, -0.25) is 4.79 Å². The topological polar surface area (TPSA) is 113 Å². The fraction of sp³-hybridized carbons (Fsp3) is 0.160. The standard InChI is InChI=1S/C25H24N6O4/c1-33-21-14-13-20(22(34-2)23(21)35-3)15-26-28-25(32)19-11-9-17(10-12-19)16-31-29-24(27-30-31)18-7-5-4-6-8-18/h4-15H,16H2,1-3H3,(H,28,32)/b26-15+. The number of amides is 1. The third kappa shape index (κ3) is 5.44. The van der Waals surface area contributed by atoms with Gasteiger partial charge in [-0.15, -0.1) is 10.2 Å². The number of ether oxygens (including phenoxy) is 3. The second-order valence-electron chi connectivity index (χ2n) is 7.33. The number of carbonyl (C=O) groups excluding carboxylic acids is 1. The maximum Gasteiger partial charge on any atom is 0.271 e. The molecule has 0 unspecified atom stereocenters. The molecule has 10 nitrogen and oxygen atoms in total. The molecule has 0 aliphatic rings. The van der Waals surface area contributed by atoms with Crippen LogP contribution in [0.5, 0.6) is 17.2 Å². The van der Waals surface area contributed by atoms with Gasteiger partial charge in [-0.05, 0) is 35.0 Å². The van der Waals surface area contributed by atoms with Gasteiger partial charge in [-0.1, -0.05) is 42.5 Å². The number of rotatable bonds is 9. The SMILES string of the molecule is COc1ccc(/C=N/NC(=O)c2ccc(Cn3nnc(-c4ccccc4)n3)cc2)c(OC)c1OC. The zero-order chi connectivity index (χ0) is 24.6. The highest BCUT2D eigenvalue weighted by Gasteiger charge is 2.15. The highest BCUT2D eigenvalue weighted by molar-refractivity contribution is 5.95. The van der Waals surface area contributed by atoms with Crippen molar-refractivity contribution < 1.29 is 19.0 Å². The summed E-state index contributed by atoms with van der Waals surface area (Å²) in [4.78, 5) is 14.0. The van der Waals surface area contributed by atoms with Crippen molar-refractivity contribution in [1.82, 2.24) is 25.6 Å². The van der Waals surface area contributed by atoms with Crippen molar-refractivity contribution in [3.63, 3.8) is 0 Å². The summed E-state index contributed by atoms with van der Waals surface area (Å²) in [7, 11) is 4.58. The molecule has 0 spiro atoms. The Kier molecular flexibility index (Phi) is 7.31. The number of nitrogens with zero attached hydrogens (tertiary/aromatic N) is 5. The zero-order valence-corrected chi connectivity index (χ0v) is 19.5. The zero-order valence-electron chi connectivity index (χ0n) is 19.5. The Hall–Kier alpha value is -4.73. The molecule has 0 fully saturated rings. The number of benzene rings is 3. The minimum absolute atomic E-state index is 0.350. The van der Waals surface area contributed by atoms with Gasteiger partial charge >= 0.3 is 0 Å². The number of hydrogen-bond acceptors (Lipinski definition) is 8. The summed E-state index contributed by atoms with van der Waals surface area (Å²) in [6.07, 6.45) is 1.48. The Morgan fingerprint density at radius 1 is 0.943 bits per heavy atom. The van der Waals surface area contributed by atoms with Crippen LogP contribution in [0.3, 0.4) is 0 Å². The molecule has 0 atom stereocenters. The number of methoxy groups -OCH3 is 3. The van der Waals surface area contributed by atoms with Crippen LogP contribution in [0, 0.1) is 0 Å². The van der Waals surface area contributed by atoms with Gasteiger partial charge in [0, 0.05) is 16.7 Å². The molecule has 0 bridgehead atoms. The second kappa shape index (κ2) is 10.9. The van der Waals surface area contributed by atoms with Gasteiger partial charge in [0.1, 0.15) is 0 Å². The molecule has 1 amide bonds. The van der Waals surface area contributed by atoms with Gasteiger partial charge in [-0.25, -0.2) is 5.43 Å². The summed E-state index contributed by atoms with van der Waals surface area (Å²) >= 11 is 0. The van der Waals surface area contributed by atoms with E-state index in [0.717, 1.165) is 11.1 Å². The van der Waals surface area contributed by atoms with E-state index in [4.69, 9.17) is 14.2 Å². The Balaban J connectivity index is 1.38. The molecule has 1 aromatic heterocycles. The Morgan fingerprint density at radius 2 is 1.69 bits per heavy atom. The lowest BCUT2D eigenvalue weighted by molar-refractivity contribution is 0.0955. The summed E-state index contributed by atoms with van der Waals surface area (Å²) in [6.45, 7) is 0.430. The van der Waals surface area contributed by atoms with Crippen molar-refractivity contribution in [2.75, 3.05) is 21.3 Å². The van der Waals surface area contributed by atoms with Crippen molar-refractivity contribution in [3.05, 3.63) is 83.4 Å². The van der Waals surface area contributed by atoms with Crippen molar-refractivity contribution in [3.8, 4) is 28.6 Å². The molecule has 1 N–H and O–H groups in total. The Bertz CT molecular complexity index is 1320. The third-order valence-corrected chi connectivity index (χ3v) is 5.13. The lowest BCUT2D eigenvalue weighted by atomic mass is 10.1. The molecule has 178 valence electrons. The van der Waals surface area contributed by atoms with E-state index in [-0.39, 0.29) is 5.91 Å². The second-order valence-corrected chi connectivity index (χ2v) is 7.33. The van der Waals surface area contributed by atoms with Crippen LogP contribution < -0.4 is 19.6 Å². The van der Waals surface area contributed by atoms with Gasteiger partial charge in [0.25, 0.3) is 5.91 Å². The van der Waals surface area contributed by atoms with E-state index < -0.39 is 0 Å². The van der Waals surface area contributed by atoms with Crippen LogP contribution in [0.2, 0.25) is 0 Å². The van der Waals surface area contributed by atoms with Crippen LogP contribution in [0.1, 0.15) is 21.5 Å². The van der Waals surface area contributed by atoms with Crippen LogP contribution in [-0.2, 0) is 6.54 Å². The van der Waals surface area contributed by atoms with Crippen LogP contribution in [0.4, 0.5) is 0 Å². The molecule has 4 rings (SSSR count). The van der Waals surface area contributed by atoms with Crippen LogP contribution in [0.15, 0.2) is 71.8 Å². The highest BCUT2D eigenvalue weighted by atomic mass is 16.5. The number of aromatic nitrogens is 4. The summed E-state index contributed by atoms with van der Waals surface area (Å²) in [5.41, 5.74) is 5.43. The molecular weight excluding hydrogens is 448 g/mol. The molecule has 4 aromatic rings. The van der Waals surface area contributed by atoms with Crippen LogP contribution in [0.25, 0.3) is 11.4 Å². The first-order chi connectivity index (χ1) is 17.1. The lowest BCUT2D eigenvalue weighted by Gasteiger charge is -2.13. The number of tetrazole rings is 1. The quantitative estimate of drug-likeness (QED) is 0.294. The van der Waals surface area contributed by atoms with Crippen molar-refractivity contribution in [2.45, 2.75) is 6.54 Å². The average molecular weight is 473 g/mol. The van der Waals surface area contributed by atoms with Gasteiger partial charge < -0.3 is 14.2 Å². The predicted octanol–water partition coefficient (Wildman–Crippen LogP) is 3.18. The van der Waals surface area contributed by atoms with E-state index in [1.165, 1.54) is 25.2 Å². The van der Waals surface area contributed by atoms with Crippen LogP contribution >= 0.6 is 0 Å². The Labute approximate surface area is 202 Å². The fourth-order valence-electron chi connectivity index (χ4n) is 3.39. The summed E-state index contributed by atoms with van der Waals surface area (Å²) in [5, 5.41) is 16.7. The van der Waals surface area contributed by atoms with Gasteiger partial charge in [0.2, 0.25) is 11.6 Å². The summed E-state index contributed by atoms with van der Waals surface area (Å²) < 4.78 is 16.0. The van der Waals surface area contributed by atoms with E-state index in [9.17, 15) is 4.79 Å². The van der Waals surface area contributed by atoms with E-state index in [2.05, 4.69) is 25.9 Å². The van der Waals surface area contributed by atoms with Crippen molar-refractivity contribution in [1.29, 1.82) is 0 Å². The molecule has 10 heteroatoms. The summed E-state index contributed by atoms with van der Waals surface area (Å²) in [6, 6.07) is 20.2. The molecule has 0 saturated carbocycles. The van der Waals surface area contributed by atoms with E-state index >= 15 is 0 Å². The first-order valence-corrected chi connectivity index (χ1v) is 10.7. The molecule has 3 aromatic carbocycles. The minimum Gasteiger partial charge on any atom is -0.493 e. The summed E-state index contributed by atoms with van der Waals surface area (Å²) in [5.74, 6) is 1.64. The number of nitrogens with one attached hydrogen (secondary N) is 1. The van der Waals surface area contributed by atoms with Crippen molar-refractivity contribution in [2.24, 2.45) is 5.10 Å². The maximum absolute atomic E-state index is 12.5. The number of carbonyl (C=O) groups is 1. The maximum atomic E-state index is 12.5. The van der Waals surface area contributed by atoms with Gasteiger partial charge in [0.05, 0.1) is 34.1 Å². The van der Waals surface area contributed by atoms with Gasteiger partial charge in [-0.2, -0.15) is 9.90 Å².